The molecule has 0 bridgehead atoms. The predicted molar refractivity (Wildman–Crippen MR) is 69.5 cm³/mol. The van der Waals surface area contributed by atoms with E-state index in [1.807, 2.05) is 0 Å². The van der Waals surface area contributed by atoms with Gasteiger partial charge in [-0.15, -0.1) is 0 Å². The van der Waals surface area contributed by atoms with Crippen LogP contribution < -0.4 is 16.4 Å². The first kappa shape index (κ1) is 14.7. The van der Waals surface area contributed by atoms with Gasteiger partial charge in [-0.3, -0.25) is 4.79 Å². The highest BCUT2D eigenvalue weighted by atomic mass is 19.1. The van der Waals surface area contributed by atoms with Crippen molar-refractivity contribution in [1.29, 1.82) is 0 Å². The Kier molecular flexibility index (Phi) is 4.68. The maximum Gasteiger partial charge on any atom is 0.338 e. The van der Waals surface area contributed by atoms with E-state index < -0.39 is 23.4 Å². The molecule has 0 fully saturated rings. The third kappa shape index (κ3) is 3.57. The zero-order chi connectivity index (χ0) is 14.6. The molecule has 1 aromatic carbocycles. The number of anilines is 2. The summed E-state index contributed by atoms with van der Waals surface area (Å²) in [5.74, 6) is -2.57. The van der Waals surface area contributed by atoms with Crippen molar-refractivity contribution in [2.45, 2.75) is 19.9 Å². The smallest absolute Gasteiger partial charge is 0.338 e. The van der Waals surface area contributed by atoms with E-state index in [4.69, 9.17) is 10.8 Å². The van der Waals surface area contributed by atoms with E-state index in [1.54, 1.807) is 13.8 Å². The molecule has 1 amide bonds. The summed E-state index contributed by atoms with van der Waals surface area (Å²) >= 11 is 0. The van der Waals surface area contributed by atoms with Gasteiger partial charge in [0.05, 0.1) is 16.9 Å². The minimum absolute atomic E-state index is 0.0648. The molecule has 1 unspecified atom stereocenters. The molecule has 0 radical (unpaired) electrons. The van der Waals surface area contributed by atoms with Gasteiger partial charge in [-0.1, -0.05) is 0 Å². The third-order valence-electron chi connectivity index (χ3n) is 2.49. The van der Waals surface area contributed by atoms with Gasteiger partial charge in [0.25, 0.3) is 0 Å². The molecule has 104 valence electrons. The summed E-state index contributed by atoms with van der Waals surface area (Å²) in [5.41, 5.74) is 5.37. The molecule has 0 aromatic heterocycles. The van der Waals surface area contributed by atoms with Crippen LogP contribution in [0.3, 0.4) is 0 Å². The van der Waals surface area contributed by atoms with E-state index in [2.05, 4.69) is 10.6 Å². The number of carboxylic acids is 1. The average Bonchev–Trinajstić information content (AvgIpc) is 2.33. The van der Waals surface area contributed by atoms with Crippen LogP contribution >= 0.6 is 0 Å². The monoisotopic (exact) mass is 269 g/mol. The van der Waals surface area contributed by atoms with Gasteiger partial charge < -0.3 is 21.5 Å². The molecule has 0 heterocycles. The van der Waals surface area contributed by atoms with Crippen molar-refractivity contribution in [1.82, 2.24) is 5.32 Å². The Balaban J connectivity index is 2.94. The maximum atomic E-state index is 13.5. The Morgan fingerprint density at radius 1 is 1.47 bits per heavy atom. The molecule has 5 N–H and O–H groups in total. The lowest BCUT2D eigenvalue weighted by Crippen LogP contribution is -2.37. The van der Waals surface area contributed by atoms with Gasteiger partial charge in [0.15, 0.2) is 0 Å². The van der Waals surface area contributed by atoms with Gasteiger partial charge >= 0.3 is 5.97 Å². The number of rotatable bonds is 5. The number of hydrogen-bond donors (Lipinski definition) is 4. The minimum atomic E-state index is -1.40. The molecule has 1 atom stereocenters. The van der Waals surface area contributed by atoms with Gasteiger partial charge in [-0.05, 0) is 26.0 Å². The predicted octanol–water partition coefficient (Wildman–Crippen LogP) is 1.04. The molecule has 0 spiro atoms. The topological polar surface area (TPSA) is 104 Å². The fourth-order valence-electron chi connectivity index (χ4n) is 1.51. The summed E-state index contributed by atoms with van der Waals surface area (Å²) in [6.07, 6.45) is 0. The highest BCUT2D eigenvalue weighted by Crippen LogP contribution is 2.23. The number of benzene rings is 1. The summed E-state index contributed by atoms with van der Waals surface area (Å²) < 4.78 is 13.5. The number of carboxylic acid groups (broad SMARTS) is 1. The largest absolute Gasteiger partial charge is 0.478 e. The fraction of sp³-hybridized carbons (Fsp3) is 0.333. The number of carbonyl (C=O) groups is 2. The summed E-state index contributed by atoms with van der Waals surface area (Å²) in [4.78, 5) is 22.2. The molecule has 7 heteroatoms. The van der Waals surface area contributed by atoms with Crippen LogP contribution in [0.15, 0.2) is 12.1 Å². The number of nitrogen functional groups attached to an aromatic ring is 1. The van der Waals surface area contributed by atoms with E-state index >= 15 is 0 Å². The number of aromatic carboxylic acids is 1. The van der Waals surface area contributed by atoms with Crippen LogP contribution in [0.4, 0.5) is 15.8 Å². The third-order valence-corrected chi connectivity index (χ3v) is 2.49. The average molecular weight is 269 g/mol. The van der Waals surface area contributed by atoms with Crippen molar-refractivity contribution in [3.8, 4) is 0 Å². The second-order valence-electron chi connectivity index (χ2n) is 3.99. The van der Waals surface area contributed by atoms with Crippen molar-refractivity contribution >= 4 is 23.3 Å². The molecule has 0 saturated carbocycles. The molecular weight excluding hydrogens is 253 g/mol. The van der Waals surface area contributed by atoms with Gasteiger partial charge in [-0.2, -0.15) is 0 Å². The first-order valence-electron chi connectivity index (χ1n) is 5.73. The Morgan fingerprint density at radius 2 is 2.11 bits per heavy atom. The number of likely N-dealkylation sites (N-methyl/N-ethyl adjacent to an activating group) is 1. The second kappa shape index (κ2) is 6.03. The van der Waals surface area contributed by atoms with Gasteiger partial charge in [0.2, 0.25) is 5.91 Å². The van der Waals surface area contributed by atoms with Crippen molar-refractivity contribution in [2.24, 2.45) is 0 Å². The number of amides is 1. The van der Waals surface area contributed by atoms with E-state index in [-0.39, 0.29) is 17.3 Å². The van der Waals surface area contributed by atoms with Crippen molar-refractivity contribution in [3.63, 3.8) is 0 Å². The van der Waals surface area contributed by atoms with E-state index in [0.29, 0.717) is 6.54 Å². The summed E-state index contributed by atoms with van der Waals surface area (Å²) in [5, 5.41) is 14.1. The molecule has 6 nitrogen and oxygen atoms in total. The van der Waals surface area contributed by atoms with Crippen LogP contribution in [0, 0.1) is 5.82 Å². The summed E-state index contributed by atoms with van der Waals surface area (Å²) in [6, 6.07) is 1.37. The highest BCUT2D eigenvalue weighted by molar-refractivity contribution is 5.91. The molecule has 1 aromatic rings. The lowest BCUT2D eigenvalue weighted by molar-refractivity contribution is -0.121. The second-order valence-corrected chi connectivity index (χ2v) is 3.99. The molecule has 0 aliphatic rings. The van der Waals surface area contributed by atoms with E-state index in [1.165, 1.54) is 0 Å². The van der Waals surface area contributed by atoms with Gasteiger partial charge in [0.1, 0.15) is 11.9 Å². The minimum Gasteiger partial charge on any atom is -0.478 e. The Morgan fingerprint density at radius 3 is 2.63 bits per heavy atom. The van der Waals surface area contributed by atoms with Crippen LogP contribution in [-0.4, -0.2) is 29.6 Å². The number of nitrogens with two attached hydrogens (primary N) is 1. The zero-order valence-corrected chi connectivity index (χ0v) is 10.7. The number of nitrogens with one attached hydrogen (secondary N) is 2. The van der Waals surface area contributed by atoms with Gasteiger partial charge in [-0.25, -0.2) is 9.18 Å². The molecule has 0 saturated heterocycles. The zero-order valence-electron chi connectivity index (χ0n) is 10.7. The standard InChI is InChI=1S/C12H16FN3O3/c1-3-15-11(17)6(2)16-10-5-8(13)7(12(18)19)4-9(10)14/h4-6,16H,3,14H2,1-2H3,(H,15,17)(H,18,19). The van der Waals surface area contributed by atoms with Gasteiger partial charge in [0, 0.05) is 6.54 Å². The Hall–Kier alpha value is -2.31. The SMILES string of the molecule is CCNC(=O)C(C)Nc1cc(F)c(C(=O)O)cc1N. The normalized spacial score (nSPS) is 11.7. The number of halogens is 1. The van der Waals surface area contributed by atoms with Crippen LogP contribution in [0.1, 0.15) is 24.2 Å². The Bertz CT molecular complexity index is 505. The first-order valence-corrected chi connectivity index (χ1v) is 5.73. The lowest BCUT2D eigenvalue weighted by Gasteiger charge is -2.16. The number of carbonyl (C=O) groups excluding carboxylic acids is 1. The highest BCUT2D eigenvalue weighted by Gasteiger charge is 2.17. The Labute approximate surface area is 109 Å². The first-order chi connectivity index (χ1) is 8.86. The van der Waals surface area contributed by atoms with Crippen LogP contribution in [-0.2, 0) is 4.79 Å². The number of hydrogen-bond acceptors (Lipinski definition) is 4. The van der Waals surface area contributed by atoms with Crippen LogP contribution in [0.2, 0.25) is 0 Å². The molecule has 1 rings (SSSR count). The molecule has 0 aliphatic carbocycles. The van der Waals surface area contributed by atoms with E-state index in [9.17, 15) is 14.0 Å². The summed E-state index contributed by atoms with van der Waals surface area (Å²) in [6.45, 7) is 3.85. The van der Waals surface area contributed by atoms with Crippen molar-refractivity contribution < 1.29 is 19.1 Å². The molecular formula is C12H16FN3O3. The molecule has 0 aliphatic heterocycles. The van der Waals surface area contributed by atoms with Crippen LogP contribution in [0.5, 0.6) is 0 Å². The van der Waals surface area contributed by atoms with Crippen molar-refractivity contribution in [3.05, 3.63) is 23.5 Å². The quantitative estimate of drug-likeness (QED) is 0.598. The van der Waals surface area contributed by atoms with Crippen molar-refractivity contribution in [2.75, 3.05) is 17.6 Å². The maximum absolute atomic E-state index is 13.5. The molecule has 19 heavy (non-hydrogen) atoms. The van der Waals surface area contributed by atoms with E-state index in [0.717, 1.165) is 12.1 Å². The fourth-order valence-corrected chi connectivity index (χ4v) is 1.51. The summed E-state index contributed by atoms with van der Waals surface area (Å²) in [7, 11) is 0. The lowest BCUT2D eigenvalue weighted by atomic mass is 10.1. The van der Waals surface area contributed by atoms with Crippen LogP contribution in [0.25, 0.3) is 0 Å².